The van der Waals surface area contributed by atoms with Gasteiger partial charge >= 0.3 is 5.97 Å². The molecule has 0 bridgehead atoms. The first-order valence-electron chi connectivity index (χ1n) is 24.0. The zero-order valence-corrected chi connectivity index (χ0v) is 41.3. The molecule has 7 rings (SSSR count). The molecule has 64 heavy (non-hydrogen) atoms. The van der Waals surface area contributed by atoms with Crippen molar-refractivity contribution in [1.82, 2.24) is 9.88 Å². The van der Waals surface area contributed by atoms with Gasteiger partial charge in [0.25, 0.3) is 0 Å². The summed E-state index contributed by atoms with van der Waals surface area (Å²) >= 11 is 1.72. The third-order valence-electron chi connectivity index (χ3n) is 15.2. The van der Waals surface area contributed by atoms with E-state index in [2.05, 4.69) is 84.0 Å². The van der Waals surface area contributed by atoms with Crippen molar-refractivity contribution < 1.29 is 47.5 Å². The van der Waals surface area contributed by atoms with Crippen molar-refractivity contribution in [2.45, 2.75) is 173 Å². The molecule has 1 aromatic heterocycles. The molecule has 3 fully saturated rings. The number of benzene rings is 1. The summed E-state index contributed by atoms with van der Waals surface area (Å²) < 4.78 is 50.6. The maximum atomic E-state index is 15.3. The highest BCUT2D eigenvalue weighted by Gasteiger charge is 2.56. The maximum Gasteiger partial charge on any atom is 0.306 e. The molecular weight excluding hydrogens is 833 g/mol. The molecule has 13 heteroatoms. The average Bonchev–Trinajstić information content (AvgIpc) is 4.00. The van der Waals surface area contributed by atoms with Gasteiger partial charge in [-0.2, -0.15) is 0 Å². The summed E-state index contributed by atoms with van der Waals surface area (Å²) in [7, 11) is 10.8. The van der Waals surface area contributed by atoms with Gasteiger partial charge in [0.2, 0.25) is 0 Å². The van der Waals surface area contributed by atoms with Gasteiger partial charge in [-0.3, -0.25) is 9.59 Å². The van der Waals surface area contributed by atoms with Gasteiger partial charge in [-0.1, -0.05) is 57.5 Å². The fourth-order valence-corrected chi connectivity index (χ4v) is 13.3. The highest BCUT2D eigenvalue weighted by Crippen LogP contribution is 2.63. The Labute approximate surface area is 386 Å². The van der Waals surface area contributed by atoms with Crippen LogP contribution in [0.1, 0.15) is 120 Å². The standard InChI is InChI=1S/C51H76N2O10S/c1-13-32-18-15-19-40(63-42-21-20-39(53(7)8)30(6)60-42)29(5)45(55)38-25-35-34-23-33(62-51(59-12)48(58-11)47(57-10)46(56-9)27(2)3)24-37(34)44-49(43(35)36(38)26-41(54)61-32)64-50(52-44)31-17-14-16-28(4)22-31/h14,16-17,22,25,27,29-30,32-37,39-40,42-43,46-48,51H,13,15,18-21,23-24,26H2,1-12H3/t29-,30?,32+,33+,34+,35+,36-,37-,39+,40+,42+,43?,46?,47?,48?,51?/m1/s1. The Hall–Kier alpha value is -2.59. The molecule has 1 aromatic carbocycles. The van der Waals surface area contributed by atoms with Gasteiger partial charge in [0.05, 0.1) is 36.5 Å². The summed E-state index contributed by atoms with van der Waals surface area (Å²) in [6, 6.07) is 8.80. The van der Waals surface area contributed by atoms with Gasteiger partial charge in [-0.15, -0.1) is 11.3 Å². The molecule has 5 aliphatic rings. The van der Waals surface area contributed by atoms with Crippen LogP contribution in [0.15, 0.2) is 35.9 Å². The van der Waals surface area contributed by atoms with Crippen LogP contribution in [0.2, 0.25) is 0 Å². The van der Waals surface area contributed by atoms with E-state index in [1.165, 1.54) is 0 Å². The first-order chi connectivity index (χ1) is 30.7. The first-order valence-corrected chi connectivity index (χ1v) is 24.8. The molecule has 2 aromatic rings. The number of cyclic esters (lactones) is 1. The van der Waals surface area contributed by atoms with Crippen molar-refractivity contribution >= 4 is 23.1 Å². The molecule has 2 saturated heterocycles. The molecule has 6 unspecified atom stereocenters. The van der Waals surface area contributed by atoms with Crippen LogP contribution in [-0.4, -0.2) is 126 Å². The van der Waals surface area contributed by atoms with E-state index < -0.39 is 24.4 Å². The Morgan fingerprint density at radius 1 is 0.922 bits per heavy atom. The predicted molar refractivity (Wildman–Crippen MR) is 247 cm³/mol. The van der Waals surface area contributed by atoms with E-state index in [9.17, 15) is 4.79 Å². The largest absolute Gasteiger partial charge is 0.462 e. The summed E-state index contributed by atoms with van der Waals surface area (Å²) in [6.45, 7) is 12.5. The third-order valence-corrected chi connectivity index (χ3v) is 16.5. The molecule has 0 N–H and O–H groups in total. The number of methoxy groups -OCH3 is 4. The first kappa shape index (κ1) is 49.3. The Bertz CT molecular complexity index is 1920. The van der Waals surface area contributed by atoms with E-state index in [1.807, 2.05) is 6.92 Å². The van der Waals surface area contributed by atoms with Crippen LogP contribution in [0.5, 0.6) is 0 Å². The second kappa shape index (κ2) is 21.6. The highest BCUT2D eigenvalue weighted by atomic mass is 32.1. The maximum absolute atomic E-state index is 15.3. The summed E-state index contributed by atoms with van der Waals surface area (Å²) in [5.41, 5.74) is 4.02. The quantitative estimate of drug-likeness (QED) is 0.125. The average molecular weight is 909 g/mol. The second-order valence-electron chi connectivity index (χ2n) is 19.8. The van der Waals surface area contributed by atoms with Crippen molar-refractivity contribution in [3.8, 4) is 10.6 Å². The fraction of sp³-hybridized carbons (Fsp3) is 0.745. The Balaban J connectivity index is 1.25. The molecule has 0 spiro atoms. The van der Waals surface area contributed by atoms with Gasteiger partial charge in [0, 0.05) is 68.6 Å². The van der Waals surface area contributed by atoms with Crippen LogP contribution in [-0.2, 0) is 47.5 Å². The molecular formula is C51H76N2O10S. The molecule has 16 atom stereocenters. The molecule has 0 radical (unpaired) electrons. The Kier molecular flexibility index (Phi) is 16.6. The summed E-state index contributed by atoms with van der Waals surface area (Å²) in [5, 5.41) is 0.954. The third kappa shape index (κ3) is 10.3. The van der Waals surface area contributed by atoms with E-state index in [-0.39, 0.29) is 90.5 Å². The minimum atomic E-state index is -0.729. The topological polar surface area (TPSA) is 124 Å². The number of thiazole rings is 1. The van der Waals surface area contributed by atoms with Crippen molar-refractivity contribution in [2.75, 3.05) is 42.5 Å². The lowest BCUT2D eigenvalue weighted by molar-refractivity contribution is -0.247. The van der Waals surface area contributed by atoms with E-state index in [0.29, 0.717) is 12.5 Å². The van der Waals surface area contributed by atoms with Gasteiger partial charge < -0.3 is 42.8 Å². The monoisotopic (exact) mass is 909 g/mol. The minimum Gasteiger partial charge on any atom is -0.462 e. The lowest BCUT2D eigenvalue weighted by Crippen LogP contribution is -2.51. The number of nitrogens with zero attached hydrogens (tertiary/aromatic N) is 2. The van der Waals surface area contributed by atoms with E-state index in [4.69, 9.17) is 42.9 Å². The Morgan fingerprint density at radius 3 is 2.31 bits per heavy atom. The van der Waals surface area contributed by atoms with Crippen LogP contribution in [0.25, 0.3) is 10.6 Å². The van der Waals surface area contributed by atoms with E-state index in [0.717, 1.165) is 77.2 Å². The normalized spacial score (nSPS) is 34.1. The van der Waals surface area contributed by atoms with Gasteiger partial charge in [0.15, 0.2) is 18.4 Å². The number of fused-ring (bicyclic) bond motifs is 8. The molecule has 12 nitrogen and oxygen atoms in total. The molecule has 1 saturated carbocycles. The lowest BCUT2D eigenvalue weighted by atomic mass is 9.67. The van der Waals surface area contributed by atoms with Crippen molar-refractivity contribution in [2.24, 2.45) is 29.6 Å². The number of Topliss-reactive ketones (excluding diaryl/α,β-unsaturated/α-hetero) is 1. The number of aromatic nitrogens is 1. The summed E-state index contributed by atoms with van der Waals surface area (Å²) in [6.07, 6.45) is 5.38. The number of carbonyl (C=O) groups excluding carboxylic acids is 2. The smallest absolute Gasteiger partial charge is 0.306 e. The Morgan fingerprint density at radius 2 is 1.67 bits per heavy atom. The predicted octanol–water partition coefficient (Wildman–Crippen LogP) is 8.88. The van der Waals surface area contributed by atoms with E-state index in [1.54, 1.807) is 39.8 Å². The number of rotatable bonds is 15. The van der Waals surface area contributed by atoms with Crippen molar-refractivity contribution in [3.05, 3.63) is 52.0 Å². The molecule has 3 aliphatic carbocycles. The summed E-state index contributed by atoms with van der Waals surface area (Å²) in [5.74, 6) is -0.765. The fourth-order valence-electron chi connectivity index (χ4n) is 12.0. The van der Waals surface area contributed by atoms with E-state index >= 15 is 4.79 Å². The summed E-state index contributed by atoms with van der Waals surface area (Å²) in [4.78, 5) is 38.3. The molecule has 0 amide bonds. The van der Waals surface area contributed by atoms with Crippen LogP contribution >= 0.6 is 11.3 Å². The number of allylic oxidation sites excluding steroid dienone is 2. The van der Waals surface area contributed by atoms with Gasteiger partial charge in [0.1, 0.15) is 23.3 Å². The van der Waals surface area contributed by atoms with Crippen LogP contribution in [0.4, 0.5) is 0 Å². The number of hydrogen-bond donors (Lipinski definition) is 0. The number of hydrogen-bond acceptors (Lipinski definition) is 13. The number of esters is 1. The SMILES string of the molecule is CC[C@H]1CCC[C@H](O[C@H]2CC[C@H](N(C)C)C(C)O2)[C@@H](C)C(=O)C2=C[C@@H]3C(c4sc(-c5cccc(C)c5)nc4[C@@H]4C[C@@H](OC(OC)C(OC)C(OC)C(OC)C(C)C)C[C@@H]34)[C@@H]2CC(=O)O1. The number of likely N-dealkylation sites (N-methyl/N-ethyl adjacent to an activating group) is 1. The number of carbonyl (C=O) groups is 2. The zero-order chi connectivity index (χ0) is 46.0. The number of aryl methyl sites for hydroxylation is 1. The lowest BCUT2D eigenvalue weighted by Gasteiger charge is -2.40. The van der Waals surface area contributed by atoms with Crippen LogP contribution < -0.4 is 0 Å². The molecule has 2 aliphatic heterocycles. The minimum absolute atomic E-state index is 0.00802. The van der Waals surface area contributed by atoms with Crippen molar-refractivity contribution in [3.63, 3.8) is 0 Å². The zero-order valence-electron chi connectivity index (χ0n) is 40.5. The molecule has 3 heterocycles. The number of ketones is 1. The highest BCUT2D eigenvalue weighted by molar-refractivity contribution is 7.15. The van der Waals surface area contributed by atoms with Crippen molar-refractivity contribution in [1.29, 1.82) is 0 Å². The van der Waals surface area contributed by atoms with Crippen LogP contribution in [0, 0.1) is 36.5 Å². The molecule has 356 valence electrons. The van der Waals surface area contributed by atoms with Gasteiger partial charge in [-0.25, -0.2) is 4.98 Å². The number of ether oxygens (including phenoxy) is 8. The van der Waals surface area contributed by atoms with Gasteiger partial charge in [-0.05, 0) is 109 Å². The van der Waals surface area contributed by atoms with Crippen LogP contribution in [0.3, 0.4) is 0 Å². The second-order valence-corrected chi connectivity index (χ2v) is 20.8.